The lowest BCUT2D eigenvalue weighted by molar-refractivity contribution is -0.121. The maximum atomic E-state index is 12.3. The topological polar surface area (TPSA) is 52.9 Å². The van der Waals surface area contributed by atoms with Crippen molar-refractivity contribution in [3.8, 4) is 6.07 Å². The van der Waals surface area contributed by atoms with E-state index in [1.54, 1.807) is 18.2 Å². The average molecular weight is 291 g/mol. The zero-order valence-corrected chi connectivity index (χ0v) is 12.4. The molecule has 0 radical (unpaired) electrons. The third-order valence-corrected chi connectivity index (χ3v) is 4.44. The number of nitrogens with zero attached hydrogens (tertiary/aromatic N) is 1. The molecule has 1 amide bonds. The van der Waals surface area contributed by atoms with E-state index < -0.39 is 0 Å². The Bertz CT molecular complexity index is 530. The van der Waals surface area contributed by atoms with Crippen LogP contribution in [0.15, 0.2) is 18.2 Å². The molecule has 1 aliphatic carbocycles. The maximum absolute atomic E-state index is 12.3. The standard InChI is InChI=1S/C16H19ClN2O/c1-11(12-5-3-2-4-6-12)16(20)19-14-8-7-13(10-18)15(17)9-14/h7-9,11-12H,2-6H2,1H3,(H,19,20). The lowest BCUT2D eigenvalue weighted by atomic mass is 9.80. The highest BCUT2D eigenvalue weighted by atomic mass is 35.5. The number of carbonyl (C=O) groups is 1. The van der Waals surface area contributed by atoms with Gasteiger partial charge in [-0.2, -0.15) is 5.26 Å². The highest BCUT2D eigenvalue weighted by Gasteiger charge is 2.25. The van der Waals surface area contributed by atoms with Crippen LogP contribution in [0.1, 0.15) is 44.6 Å². The van der Waals surface area contributed by atoms with Gasteiger partial charge in [0.05, 0.1) is 10.6 Å². The second-order valence-electron chi connectivity index (χ2n) is 5.48. The van der Waals surface area contributed by atoms with Crippen LogP contribution in [0.2, 0.25) is 5.02 Å². The number of nitriles is 1. The fourth-order valence-electron chi connectivity index (χ4n) is 2.79. The second kappa shape index (κ2) is 6.76. The van der Waals surface area contributed by atoms with Gasteiger partial charge in [0.1, 0.15) is 6.07 Å². The number of benzene rings is 1. The molecular formula is C16H19ClN2O. The van der Waals surface area contributed by atoms with E-state index in [1.165, 1.54) is 19.3 Å². The predicted molar refractivity (Wildman–Crippen MR) is 80.5 cm³/mol. The van der Waals surface area contributed by atoms with E-state index in [0.29, 0.717) is 22.2 Å². The van der Waals surface area contributed by atoms with Gasteiger partial charge in [-0.1, -0.05) is 37.8 Å². The molecular weight excluding hydrogens is 272 g/mol. The highest BCUT2D eigenvalue weighted by Crippen LogP contribution is 2.30. The number of carbonyl (C=O) groups excluding carboxylic acids is 1. The number of anilines is 1. The first-order valence-corrected chi connectivity index (χ1v) is 7.50. The lowest BCUT2D eigenvalue weighted by Gasteiger charge is -2.26. The number of hydrogen-bond acceptors (Lipinski definition) is 2. The van der Waals surface area contributed by atoms with Gasteiger partial charge in [-0.3, -0.25) is 4.79 Å². The molecule has 106 valence electrons. The number of amides is 1. The number of halogens is 1. The van der Waals surface area contributed by atoms with Crippen LogP contribution < -0.4 is 5.32 Å². The van der Waals surface area contributed by atoms with Crippen molar-refractivity contribution in [2.75, 3.05) is 5.32 Å². The SMILES string of the molecule is CC(C(=O)Nc1ccc(C#N)c(Cl)c1)C1CCCCC1. The van der Waals surface area contributed by atoms with Crippen LogP contribution in [-0.2, 0) is 4.79 Å². The van der Waals surface area contributed by atoms with Crippen molar-refractivity contribution >= 4 is 23.2 Å². The molecule has 0 heterocycles. The molecule has 1 N–H and O–H groups in total. The molecule has 1 aliphatic rings. The van der Waals surface area contributed by atoms with Crippen molar-refractivity contribution in [3.63, 3.8) is 0 Å². The van der Waals surface area contributed by atoms with Crippen molar-refractivity contribution in [2.45, 2.75) is 39.0 Å². The van der Waals surface area contributed by atoms with Gasteiger partial charge in [0.15, 0.2) is 0 Å². The van der Waals surface area contributed by atoms with Gasteiger partial charge in [-0.05, 0) is 37.0 Å². The van der Waals surface area contributed by atoms with Crippen LogP contribution in [0.4, 0.5) is 5.69 Å². The molecule has 20 heavy (non-hydrogen) atoms. The quantitative estimate of drug-likeness (QED) is 0.899. The van der Waals surface area contributed by atoms with E-state index in [1.807, 2.05) is 13.0 Å². The van der Waals surface area contributed by atoms with Crippen LogP contribution in [0, 0.1) is 23.2 Å². The van der Waals surface area contributed by atoms with Crippen LogP contribution >= 0.6 is 11.6 Å². The Morgan fingerprint density at radius 1 is 1.40 bits per heavy atom. The average Bonchev–Trinajstić information content (AvgIpc) is 2.47. The van der Waals surface area contributed by atoms with Crippen LogP contribution in [0.3, 0.4) is 0 Å². The Balaban J connectivity index is 2.00. The van der Waals surface area contributed by atoms with Crippen molar-refractivity contribution in [1.82, 2.24) is 0 Å². The van der Waals surface area contributed by atoms with Gasteiger partial charge in [0, 0.05) is 11.6 Å². The minimum Gasteiger partial charge on any atom is -0.326 e. The molecule has 0 saturated heterocycles. The van der Waals surface area contributed by atoms with Gasteiger partial charge in [-0.15, -0.1) is 0 Å². The third-order valence-electron chi connectivity index (χ3n) is 4.13. The van der Waals surface area contributed by atoms with E-state index >= 15 is 0 Å². The summed E-state index contributed by atoms with van der Waals surface area (Å²) in [5.41, 5.74) is 1.08. The summed E-state index contributed by atoms with van der Waals surface area (Å²) >= 11 is 5.97. The summed E-state index contributed by atoms with van der Waals surface area (Å²) in [6.45, 7) is 2.00. The monoisotopic (exact) mass is 290 g/mol. The minimum atomic E-state index is 0.0183. The predicted octanol–water partition coefficient (Wildman–Crippen LogP) is 4.37. The molecule has 3 nitrogen and oxygen atoms in total. The molecule has 0 aliphatic heterocycles. The summed E-state index contributed by atoms with van der Waals surface area (Å²) in [7, 11) is 0. The fraction of sp³-hybridized carbons (Fsp3) is 0.500. The van der Waals surface area contributed by atoms with Gasteiger partial charge in [0.25, 0.3) is 0 Å². The Labute approximate surface area is 124 Å². The Kier molecular flexibility index (Phi) is 5.03. The molecule has 1 unspecified atom stereocenters. The van der Waals surface area contributed by atoms with E-state index in [2.05, 4.69) is 5.32 Å². The van der Waals surface area contributed by atoms with Crippen LogP contribution in [0.5, 0.6) is 0 Å². The number of hydrogen-bond donors (Lipinski definition) is 1. The zero-order chi connectivity index (χ0) is 14.5. The van der Waals surface area contributed by atoms with Crippen LogP contribution in [0.25, 0.3) is 0 Å². The fourth-order valence-corrected chi connectivity index (χ4v) is 3.01. The molecule has 1 saturated carbocycles. The first kappa shape index (κ1) is 14.9. The van der Waals surface area contributed by atoms with Crippen molar-refractivity contribution in [2.24, 2.45) is 11.8 Å². The maximum Gasteiger partial charge on any atom is 0.227 e. The number of nitrogens with one attached hydrogen (secondary N) is 1. The Morgan fingerprint density at radius 3 is 2.70 bits per heavy atom. The number of rotatable bonds is 3. The Morgan fingerprint density at radius 2 is 2.10 bits per heavy atom. The van der Waals surface area contributed by atoms with Gasteiger partial charge in [0.2, 0.25) is 5.91 Å². The largest absolute Gasteiger partial charge is 0.326 e. The van der Waals surface area contributed by atoms with Crippen molar-refractivity contribution in [1.29, 1.82) is 5.26 Å². The molecule has 1 atom stereocenters. The van der Waals surface area contributed by atoms with Crippen molar-refractivity contribution in [3.05, 3.63) is 28.8 Å². The Hall–Kier alpha value is -1.53. The van der Waals surface area contributed by atoms with E-state index in [9.17, 15) is 4.79 Å². The lowest BCUT2D eigenvalue weighted by Crippen LogP contribution is -2.28. The summed E-state index contributed by atoms with van der Waals surface area (Å²) in [6.07, 6.45) is 6.03. The van der Waals surface area contributed by atoms with E-state index in [0.717, 1.165) is 12.8 Å². The molecule has 2 rings (SSSR count). The first-order chi connectivity index (χ1) is 9.61. The summed E-state index contributed by atoms with van der Waals surface area (Å²) in [5, 5.41) is 12.1. The third kappa shape index (κ3) is 3.52. The molecule has 0 aromatic heterocycles. The molecule has 4 heteroatoms. The summed E-state index contributed by atoms with van der Waals surface area (Å²) in [5.74, 6) is 0.542. The van der Waals surface area contributed by atoms with Gasteiger partial charge < -0.3 is 5.32 Å². The summed E-state index contributed by atoms with van der Waals surface area (Å²) < 4.78 is 0. The zero-order valence-electron chi connectivity index (χ0n) is 11.7. The normalized spacial score (nSPS) is 17.2. The van der Waals surface area contributed by atoms with E-state index in [-0.39, 0.29) is 11.8 Å². The smallest absolute Gasteiger partial charge is 0.227 e. The molecule has 0 bridgehead atoms. The van der Waals surface area contributed by atoms with E-state index in [4.69, 9.17) is 16.9 Å². The summed E-state index contributed by atoms with van der Waals surface area (Å²) in [6, 6.07) is 6.98. The highest BCUT2D eigenvalue weighted by molar-refractivity contribution is 6.32. The molecule has 0 spiro atoms. The summed E-state index contributed by atoms with van der Waals surface area (Å²) in [4.78, 5) is 12.3. The van der Waals surface area contributed by atoms with Gasteiger partial charge in [-0.25, -0.2) is 0 Å². The molecule has 1 aromatic rings. The first-order valence-electron chi connectivity index (χ1n) is 7.12. The second-order valence-corrected chi connectivity index (χ2v) is 5.89. The van der Waals surface area contributed by atoms with Gasteiger partial charge >= 0.3 is 0 Å². The van der Waals surface area contributed by atoms with Crippen LogP contribution in [-0.4, -0.2) is 5.91 Å². The van der Waals surface area contributed by atoms with Crippen molar-refractivity contribution < 1.29 is 4.79 Å². The minimum absolute atomic E-state index is 0.0183. The molecule has 1 aromatic carbocycles. The molecule has 1 fully saturated rings.